The van der Waals surface area contributed by atoms with Crippen LogP contribution < -0.4 is 10.6 Å². The summed E-state index contributed by atoms with van der Waals surface area (Å²) < 4.78 is 0. The third-order valence-electron chi connectivity index (χ3n) is 3.22. The molecule has 1 atom stereocenters. The number of halogens is 1. The van der Waals surface area contributed by atoms with Crippen molar-refractivity contribution >= 4 is 29.1 Å². The van der Waals surface area contributed by atoms with Gasteiger partial charge >= 0.3 is 0 Å². The molecule has 1 aromatic carbocycles. The van der Waals surface area contributed by atoms with Crippen LogP contribution in [0, 0.1) is 0 Å². The molecule has 1 aromatic rings. The molecule has 108 valence electrons. The fourth-order valence-electron chi connectivity index (χ4n) is 2.22. The molecule has 0 bridgehead atoms. The number of carbonyl (C=O) groups is 2. The van der Waals surface area contributed by atoms with Crippen LogP contribution in [0.4, 0.5) is 5.69 Å². The Morgan fingerprint density at radius 3 is 2.95 bits per heavy atom. The molecule has 1 heterocycles. The molecule has 0 aromatic heterocycles. The SMILES string of the molecule is CN(CC(=O)Nc1cccc(Cl)c1)C(=O)C1CCCN1. The van der Waals surface area contributed by atoms with Gasteiger partial charge in [0.25, 0.3) is 0 Å². The lowest BCUT2D eigenvalue weighted by Crippen LogP contribution is -2.44. The number of benzene rings is 1. The number of rotatable bonds is 4. The normalized spacial score (nSPS) is 17.8. The highest BCUT2D eigenvalue weighted by atomic mass is 35.5. The molecule has 1 fully saturated rings. The van der Waals surface area contributed by atoms with Crippen molar-refractivity contribution in [3.05, 3.63) is 29.3 Å². The molecule has 2 rings (SSSR count). The third kappa shape index (κ3) is 3.95. The van der Waals surface area contributed by atoms with Gasteiger partial charge < -0.3 is 15.5 Å². The zero-order chi connectivity index (χ0) is 14.5. The highest BCUT2D eigenvalue weighted by Gasteiger charge is 2.25. The van der Waals surface area contributed by atoms with Gasteiger partial charge in [0.2, 0.25) is 11.8 Å². The van der Waals surface area contributed by atoms with Crippen LogP contribution in [0.25, 0.3) is 0 Å². The second-order valence-electron chi connectivity index (χ2n) is 4.90. The Morgan fingerprint density at radius 2 is 2.30 bits per heavy atom. The number of nitrogens with zero attached hydrogens (tertiary/aromatic N) is 1. The summed E-state index contributed by atoms with van der Waals surface area (Å²) in [5.74, 6) is -0.273. The van der Waals surface area contributed by atoms with Gasteiger partial charge in [-0.1, -0.05) is 17.7 Å². The maximum Gasteiger partial charge on any atom is 0.243 e. The average Bonchev–Trinajstić information content (AvgIpc) is 2.91. The van der Waals surface area contributed by atoms with Crippen molar-refractivity contribution in [3.63, 3.8) is 0 Å². The molecule has 0 spiro atoms. The minimum atomic E-state index is -0.235. The molecule has 0 aliphatic carbocycles. The van der Waals surface area contributed by atoms with Crippen molar-refractivity contribution in [2.75, 3.05) is 25.5 Å². The molecule has 1 aliphatic rings. The number of anilines is 1. The Labute approximate surface area is 123 Å². The van der Waals surface area contributed by atoms with Gasteiger partial charge in [0, 0.05) is 17.8 Å². The highest BCUT2D eigenvalue weighted by molar-refractivity contribution is 6.30. The number of carbonyl (C=O) groups excluding carboxylic acids is 2. The Hall–Kier alpha value is -1.59. The lowest BCUT2D eigenvalue weighted by atomic mass is 10.2. The lowest BCUT2D eigenvalue weighted by molar-refractivity contribution is -0.134. The summed E-state index contributed by atoms with van der Waals surface area (Å²) in [6.07, 6.45) is 1.83. The first kappa shape index (κ1) is 14.8. The number of nitrogens with one attached hydrogen (secondary N) is 2. The summed E-state index contributed by atoms with van der Waals surface area (Å²) in [5.41, 5.74) is 0.627. The second kappa shape index (κ2) is 6.72. The predicted molar refractivity (Wildman–Crippen MR) is 78.7 cm³/mol. The van der Waals surface area contributed by atoms with Gasteiger partial charge in [0.1, 0.15) is 0 Å². The summed E-state index contributed by atoms with van der Waals surface area (Å²) in [5, 5.41) is 6.41. The van der Waals surface area contributed by atoms with E-state index in [0.717, 1.165) is 19.4 Å². The average molecular weight is 296 g/mol. The molecule has 0 saturated carbocycles. The molecule has 2 amide bonds. The molecule has 1 aliphatic heterocycles. The molecule has 20 heavy (non-hydrogen) atoms. The van der Waals surface area contributed by atoms with E-state index in [1.165, 1.54) is 4.90 Å². The molecular weight excluding hydrogens is 278 g/mol. The van der Waals surface area contributed by atoms with Gasteiger partial charge in [-0.25, -0.2) is 0 Å². The topological polar surface area (TPSA) is 61.4 Å². The van der Waals surface area contributed by atoms with E-state index >= 15 is 0 Å². The minimum Gasteiger partial charge on any atom is -0.335 e. The first-order valence-electron chi connectivity index (χ1n) is 6.60. The van der Waals surface area contributed by atoms with Gasteiger partial charge in [0.05, 0.1) is 12.6 Å². The summed E-state index contributed by atoms with van der Waals surface area (Å²) >= 11 is 5.85. The molecule has 0 radical (unpaired) electrons. The molecule has 1 saturated heterocycles. The summed E-state index contributed by atoms with van der Waals surface area (Å²) in [7, 11) is 1.64. The van der Waals surface area contributed by atoms with Crippen LogP contribution in [0.2, 0.25) is 5.02 Å². The zero-order valence-electron chi connectivity index (χ0n) is 11.4. The minimum absolute atomic E-state index is 0.0313. The van der Waals surface area contributed by atoms with Crippen molar-refractivity contribution in [1.82, 2.24) is 10.2 Å². The maximum atomic E-state index is 12.0. The van der Waals surface area contributed by atoms with Crippen molar-refractivity contribution in [3.8, 4) is 0 Å². The van der Waals surface area contributed by atoms with Crippen molar-refractivity contribution < 1.29 is 9.59 Å². The Bertz CT molecular complexity index is 501. The highest BCUT2D eigenvalue weighted by Crippen LogP contribution is 2.15. The number of amides is 2. The largest absolute Gasteiger partial charge is 0.335 e. The monoisotopic (exact) mass is 295 g/mol. The van der Waals surface area contributed by atoms with E-state index in [0.29, 0.717) is 10.7 Å². The van der Waals surface area contributed by atoms with E-state index in [-0.39, 0.29) is 24.4 Å². The van der Waals surface area contributed by atoms with Crippen LogP contribution in [0.3, 0.4) is 0 Å². The summed E-state index contributed by atoms with van der Waals surface area (Å²) in [6, 6.07) is 6.76. The van der Waals surface area contributed by atoms with Gasteiger partial charge in [0.15, 0.2) is 0 Å². The number of hydrogen-bond acceptors (Lipinski definition) is 3. The molecule has 6 heteroatoms. The zero-order valence-corrected chi connectivity index (χ0v) is 12.1. The maximum absolute atomic E-state index is 12.0. The fourth-order valence-corrected chi connectivity index (χ4v) is 2.41. The molecular formula is C14H18ClN3O2. The first-order chi connectivity index (χ1) is 9.56. The van der Waals surface area contributed by atoms with Crippen molar-refractivity contribution in [2.24, 2.45) is 0 Å². The van der Waals surface area contributed by atoms with E-state index in [2.05, 4.69) is 10.6 Å². The predicted octanol–water partition coefficient (Wildman–Crippen LogP) is 1.49. The van der Waals surface area contributed by atoms with E-state index in [4.69, 9.17) is 11.6 Å². The van der Waals surface area contributed by atoms with E-state index < -0.39 is 0 Å². The standard InChI is InChI=1S/C14H18ClN3O2/c1-18(14(20)12-6-3-7-16-12)9-13(19)17-11-5-2-4-10(15)8-11/h2,4-5,8,12,16H,3,6-7,9H2,1H3,(H,17,19). The fraction of sp³-hybridized carbons (Fsp3) is 0.429. The van der Waals surface area contributed by atoms with E-state index in [1.54, 1.807) is 31.3 Å². The number of hydrogen-bond donors (Lipinski definition) is 2. The van der Waals surface area contributed by atoms with Crippen LogP contribution in [-0.4, -0.2) is 42.9 Å². The quantitative estimate of drug-likeness (QED) is 0.885. The van der Waals surface area contributed by atoms with Crippen LogP contribution in [0.15, 0.2) is 24.3 Å². The van der Waals surface area contributed by atoms with Crippen molar-refractivity contribution in [2.45, 2.75) is 18.9 Å². The first-order valence-corrected chi connectivity index (χ1v) is 6.98. The smallest absolute Gasteiger partial charge is 0.243 e. The Balaban J connectivity index is 1.85. The van der Waals surface area contributed by atoms with E-state index in [1.807, 2.05) is 0 Å². The Kier molecular flexibility index (Phi) is 4.98. The van der Waals surface area contributed by atoms with Crippen LogP contribution in [0.1, 0.15) is 12.8 Å². The van der Waals surface area contributed by atoms with E-state index in [9.17, 15) is 9.59 Å². The second-order valence-corrected chi connectivity index (χ2v) is 5.34. The molecule has 5 nitrogen and oxygen atoms in total. The number of likely N-dealkylation sites (N-methyl/N-ethyl adjacent to an activating group) is 1. The Morgan fingerprint density at radius 1 is 1.50 bits per heavy atom. The summed E-state index contributed by atoms with van der Waals surface area (Å²) in [6.45, 7) is 0.891. The third-order valence-corrected chi connectivity index (χ3v) is 3.46. The van der Waals surface area contributed by atoms with Gasteiger partial charge in [-0.15, -0.1) is 0 Å². The van der Waals surface area contributed by atoms with Gasteiger partial charge in [-0.2, -0.15) is 0 Å². The van der Waals surface area contributed by atoms with Crippen LogP contribution in [0.5, 0.6) is 0 Å². The lowest BCUT2D eigenvalue weighted by Gasteiger charge is -2.20. The summed E-state index contributed by atoms with van der Waals surface area (Å²) in [4.78, 5) is 25.4. The van der Waals surface area contributed by atoms with Gasteiger partial charge in [-0.05, 0) is 37.6 Å². The van der Waals surface area contributed by atoms with Crippen molar-refractivity contribution in [1.29, 1.82) is 0 Å². The molecule has 2 N–H and O–H groups in total. The van der Waals surface area contributed by atoms with Crippen LogP contribution >= 0.6 is 11.6 Å². The van der Waals surface area contributed by atoms with Gasteiger partial charge in [-0.3, -0.25) is 9.59 Å². The van der Waals surface area contributed by atoms with Crippen LogP contribution in [-0.2, 0) is 9.59 Å². The molecule has 1 unspecified atom stereocenters.